The Labute approximate surface area is 115 Å². The predicted octanol–water partition coefficient (Wildman–Crippen LogP) is 2.12. The van der Waals surface area contributed by atoms with Crippen LogP contribution in [0, 0.1) is 18.6 Å². The number of halogens is 2. The lowest BCUT2D eigenvalue weighted by Crippen LogP contribution is -2.41. The van der Waals surface area contributed by atoms with Gasteiger partial charge in [0.25, 0.3) is 5.91 Å². The summed E-state index contributed by atoms with van der Waals surface area (Å²) in [6.07, 6.45) is 1.81. The quantitative estimate of drug-likeness (QED) is 0.873. The van der Waals surface area contributed by atoms with Gasteiger partial charge >= 0.3 is 0 Å². The third-order valence-corrected chi connectivity index (χ3v) is 4.05. The lowest BCUT2D eigenvalue weighted by atomic mass is 10.1. The Morgan fingerprint density at radius 3 is 2.58 bits per heavy atom. The van der Waals surface area contributed by atoms with Gasteiger partial charge in [-0.3, -0.25) is 4.79 Å². The van der Waals surface area contributed by atoms with Crippen LogP contribution in [-0.4, -0.2) is 35.2 Å². The first-order valence-corrected chi connectivity index (χ1v) is 7.09. The second kappa shape index (κ2) is 6.86. The van der Waals surface area contributed by atoms with Crippen LogP contribution in [0.25, 0.3) is 0 Å². The molecular weight excluding hydrogens is 272 g/mol. The molecule has 2 N–H and O–H groups in total. The smallest absolute Gasteiger partial charge is 0.254 e. The van der Waals surface area contributed by atoms with Crippen LogP contribution < -0.4 is 5.32 Å². The van der Waals surface area contributed by atoms with Crippen molar-refractivity contribution in [2.75, 3.05) is 12.9 Å². The highest BCUT2D eigenvalue weighted by Crippen LogP contribution is 2.16. The van der Waals surface area contributed by atoms with E-state index in [1.54, 1.807) is 6.92 Å². The van der Waals surface area contributed by atoms with E-state index in [2.05, 4.69) is 5.32 Å². The van der Waals surface area contributed by atoms with Crippen molar-refractivity contribution in [2.45, 2.75) is 25.1 Å². The highest BCUT2D eigenvalue weighted by atomic mass is 32.2. The zero-order valence-corrected chi connectivity index (χ0v) is 11.9. The number of aryl methyl sites for hydroxylation is 1. The van der Waals surface area contributed by atoms with Crippen LogP contribution in [0.2, 0.25) is 0 Å². The molecule has 2 atom stereocenters. The maximum absolute atomic E-state index is 13.5. The van der Waals surface area contributed by atoms with E-state index in [9.17, 15) is 13.6 Å². The Balaban J connectivity index is 2.87. The molecule has 1 amide bonds. The molecule has 19 heavy (non-hydrogen) atoms. The number of carbonyl (C=O) groups excluding carboxylic acids is 1. The number of carbonyl (C=O) groups is 1. The average molecular weight is 289 g/mol. The molecular formula is C13H17F2NO2S. The summed E-state index contributed by atoms with van der Waals surface area (Å²) in [4.78, 5) is 11.9. The van der Waals surface area contributed by atoms with Crippen molar-refractivity contribution < 1.29 is 18.7 Å². The molecule has 1 aromatic carbocycles. The number of aliphatic hydroxyl groups is 1. The van der Waals surface area contributed by atoms with Crippen molar-refractivity contribution >= 4 is 17.7 Å². The zero-order valence-electron chi connectivity index (χ0n) is 11.0. The second-order valence-electron chi connectivity index (χ2n) is 4.30. The van der Waals surface area contributed by atoms with Crippen LogP contribution >= 0.6 is 11.8 Å². The molecule has 0 bridgehead atoms. The fourth-order valence-electron chi connectivity index (χ4n) is 1.65. The SMILES string of the molecule is CS[C@@H](CO)[C@@H](C)NC(=O)c1cc(C)c(F)cc1F. The first-order valence-electron chi connectivity index (χ1n) is 5.80. The van der Waals surface area contributed by atoms with Gasteiger partial charge in [0.05, 0.1) is 12.2 Å². The van der Waals surface area contributed by atoms with E-state index in [1.807, 2.05) is 6.26 Å². The van der Waals surface area contributed by atoms with Gasteiger partial charge in [-0.15, -0.1) is 0 Å². The highest BCUT2D eigenvalue weighted by molar-refractivity contribution is 7.99. The van der Waals surface area contributed by atoms with Crippen LogP contribution in [0.5, 0.6) is 0 Å². The van der Waals surface area contributed by atoms with E-state index in [0.29, 0.717) is 6.07 Å². The summed E-state index contributed by atoms with van der Waals surface area (Å²) in [6, 6.07) is 1.56. The van der Waals surface area contributed by atoms with Gasteiger partial charge in [0, 0.05) is 17.4 Å². The second-order valence-corrected chi connectivity index (χ2v) is 5.38. The number of nitrogens with one attached hydrogen (secondary N) is 1. The zero-order chi connectivity index (χ0) is 14.6. The van der Waals surface area contributed by atoms with E-state index < -0.39 is 17.5 Å². The molecule has 0 aliphatic heterocycles. The lowest BCUT2D eigenvalue weighted by molar-refractivity contribution is 0.0931. The minimum atomic E-state index is -0.891. The molecule has 0 unspecified atom stereocenters. The van der Waals surface area contributed by atoms with Crippen LogP contribution in [0.3, 0.4) is 0 Å². The van der Waals surface area contributed by atoms with E-state index >= 15 is 0 Å². The number of amides is 1. The van der Waals surface area contributed by atoms with Crippen LogP contribution in [-0.2, 0) is 0 Å². The van der Waals surface area contributed by atoms with Gasteiger partial charge in [-0.1, -0.05) is 0 Å². The normalized spacial score (nSPS) is 14.0. The first kappa shape index (κ1) is 15.9. The van der Waals surface area contributed by atoms with Gasteiger partial charge < -0.3 is 10.4 Å². The molecule has 0 radical (unpaired) electrons. The predicted molar refractivity (Wildman–Crippen MR) is 72.4 cm³/mol. The first-order chi connectivity index (χ1) is 8.90. The van der Waals surface area contributed by atoms with Crippen molar-refractivity contribution in [2.24, 2.45) is 0 Å². The van der Waals surface area contributed by atoms with E-state index in [4.69, 9.17) is 5.11 Å². The molecule has 1 rings (SSSR count). The van der Waals surface area contributed by atoms with Crippen molar-refractivity contribution in [3.63, 3.8) is 0 Å². The van der Waals surface area contributed by atoms with Crippen LogP contribution in [0.15, 0.2) is 12.1 Å². The van der Waals surface area contributed by atoms with Crippen LogP contribution in [0.1, 0.15) is 22.8 Å². The minimum Gasteiger partial charge on any atom is -0.395 e. The fourth-order valence-corrected chi connectivity index (χ4v) is 2.27. The van der Waals surface area contributed by atoms with Gasteiger partial charge in [-0.05, 0) is 31.7 Å². The fraction of sp³-hybridized carbons (Fsp3) is 0.462. The minimum absolute atomic E-state index is 0.0897. The maximum Gasteiger partial charge on any atom is 0.254 e. The van der Waals surface area contributed by atoms with Crippen LogP contribution in [0.4, 0.5) is 8.78 Å². The van der Waals surface area contributed by atoms with Crippen molar-refractivity contribution in [1.82, 2.24) is 5.32 Å². The molecule has 0 heterocycles. The summed E-state index contributed by atoms with van der Waals surface area (Å²) in [5.74, 6) is -2.18. The molecule has 106 valence electrons. The maximum atomic E-state index is 13.5. The molecule has 0 spiro atoms. The van der Waals surface area contributed by atoms with Gasteiger partial charge in [0.2, 0.25) is 0 Å². The number of aliphatic hydroxyl groups excluding tert-OH is 1. The number of benzene rings is 1. The van der Waals surface area contributed by atoms with E-state index in [-0.39, 0.29) is 29.0 Å². The van der Waals surface area contributed by atoms with E-state index in [1.165, 1.54) is 24.8 Å². The largest absolute Gasteiger partial charge is 0.395 e. The lowest BCUT2D eigenvalue weighted by Gasteiger charge is -2.21. The molecule has 6 heteroatoms. The third kappa shape index (κ3) is 3.91. The van der Waals surface area contributed by atoms with Gasteiger partial charge in [-0.25, -0.2) is 8.78 Å². The molecule has 0 fully saturated rings. The highest BCUT2D eigenvalue weighted by Gasteiger charge is 2.20. The van der Waals surface area contributed by atoms with Gasteiger partial charge in [0.15, 0.2) is 0 Å². The van der Waals surface area contributed by atoms with E-state index in [0.717, 1.165) is 0 Å². The molecule has 1 aromatic rings. The molecule has 3 nitrogen and oxygen atoms in total. The standard InChI is InChI=1S/C13H17F2NO2S/c1-7-4-9(11(15)5-10(7)14)13(18)16-8(2)12(6-17)19-3/h4-5,8,12,17H,6H2,1-3H3,(H,16,18)/t8-,12+/m1/s1. The number of hydrogen-bond acceptors (Lipinski definition) is 3. The summed E-state index contributed by atoms with van der Waals surface area (Å²) in [5, 5.41) is 11.5. The summed E-state index contributed by atoms with van der Waals surface area (Å²) in [5.41, 5.74) is 0.0197. The molecule has 0 aliphatic rings. The summed E-state index contributed by atoms with van der Waals surface area (Å²) >= 11 is 1.41. The molecule has 0 aliphatic carbocycles. The van der Waals surface area contributed by atoms with Crippen molar-refractivity contribution in [3.05, 3.63) is 34.9 Å². The Kier molecular flexibility index (Phi) is 5.75. The van der Waals surface area contributed by atoms with Crippen molar-refractivity contribution in [1.29, 1.82) is 0 Å². The summed E-state index contributed by atoms with van der Waals surface area (Å²) in [7, 11) is 0. The third-order valence-electron chi connectivity index (χ3n) is 2.89. The number of thioether (sulfide) groups is 1. The van der Waals surface area contributed by atoms with Gasteiger partial charge in [0.1, 0.15) is 11.6 Å². The van der Waals surface area contributed by atoms with Crippen molar-refractivity contribution in [3.8, 4) is 0 Å². The molecule has 0 aromatic heterocycles. The monoisotopic (exact) mass is 289 g/mol. The Morgan fingerprint density at radius 2 is 2.05 bits per heavy atom. The Hall–Kier alpha value is -1.14. The average Bonchev–Trinajstić information content (AvgIpc) is 2.35. The number of hydrogen-bond donors (Lipinski definition) is 2. The summed E-state index contributed by atoms with van der Waals surface area (Å²) < 4.78 is 26.7. The van der Waals surface area contributed by atoms with Gasteiger partial charge in [-0.2, -0.15) is 11.8 Å². The number of rotatable bonds is 5. The molecule has 0 saturated heterocycles. The Morgan fingerprint density at radius 1 is 1.42 bits per heavy atom. The summed E-state index contributed by atoms with van der Waals surface area (Å²) in [6.45, 7) is 3.10. The Bertz CT molecular complexity index is 464. The topological polar surface area (TPSA) is 49.3 Å². The molecule has 0 saturated carbocycles.